The van der Waals surface area contributed by atoms with Crippen LogP contribution in [0.4, 0.5) is 0 Å². The number of aryl methyl sites for hydroxylation is 1. The molecule has 24 heavy (non-hydrogen) atoms. The highest BCUT2D eigenvalue weighted by Crippen LogP contribution is 2.24. The lowest BCUT2D eigenvalue weighted by Crippen LogP contribution is -2.20. The Morgan fingerprint density at radius 3 is 2.88 bits per heavy atom. The third kappa shape index (κ3) is 3.91. The molecule has 0 amide bonds. The number of carbonyl (C=O) groups excluding carboxylic acids is 1. The highest BCUT2D eigenvalue weighted by molar-refractivity contribution is 7.12. The minimum Gasteiger partial charge on any atom is -0.456 e. The molecule has 0 saturated carbocycles. The molecule has 6 nitrogen and oxygen atoms in total. The number of nitriles is 1. The monoisotopic (exact) mass is 345 g/mol. The largest absolute Gasteiger partial charge is 0.456 e. The Labute approximate surface area is 145 Å². The predicted molar refractivity (Wildman–Crippen MR) is 91.9 cm³/mol. The highest BCUT2D eigenvalue weighted by Gasteiger charge is 2.17. The summed E-state index contributed by atoms with van der Waals surface area (Å²) in [5.74, 6) is -0.652. The molecule has 0 aliphatic carbocycles. The summed E-state index contributed by atoms with van der Waals surface area (Å²) in [5, 5.41) is 12.0. The van der Waals surface area contributed by atoms with Gasteiger partial charge in [0, 0.05) is 30.1 Å². The van der Waals surface area contributed by atoms with Gasteiger partial charge in [-0.1, -0.05) is 0 Å². The fraction of sp³-hybridized carbons (Fsp3) is 0.353. The quantitative estimate of drug-likeness (QED) is 0.457. The second-order valence-corrected chi connectivity index (χ2v) is 6.19. The van der Waals surface area contributed by atoms with E-state index in [-0.39, 0.29) is 12.2 Å². The maximum absolute atomic E-state index is 12.1. The fourth-order valence-electron chi connectivity index (χ4n) is 2.36. The van der Waals surface area contributed by atoms with Gasteiger partial charge in [0.25, 0.3) is 0 Å². The van der Waals surface area contributed by atoms with Gasteiger partial charge in [-0.05, 0) is 38.5 Å². The molecular weight excluding hydrogens is 326 g/mol. The van der Waals surface area contributed by atoms with E-state index >= 15 is 0 Å². The molecule has 0 aliphatic heterocycles. The van der Waals surface area contributed by atoms with Crippen LogP contribution in [0, 0.1) is 25.2 Å². The number of hydrogen-bond donors (Lipinski definition) is 0. The lowest BCUT2D eigenvalue weighted by molar-refractivity contribution is -0.145. The van der Waals surface area contributed by atoms with Crippen molar-refractivity contribution in [3.8, 4) is 11.2 Å². The fourth-order valence-corrected chi connectivity index (χ4v) is 3.11. The van der Waals surface area contributed by atoms with Crippen LogP contribution in [0.3, 0.4) is 0 Å². The molecule has 2 rings (SSSR count). The topological polar surface area (TPSA) is 77.1 Å². The minimum atomic E-state index is -0.652. The van der Waals surface area contributed by atoms with Crippen molar-refractivity contribution in [1.29, 1.82) is 5.26 Å². The number of esters is 1. The summed E-state index contributed by atoms with van der Waals surface area (Å²) in [6, 6.07) is 3.83. The van der Waals surface area contributed by atoms with Crippen molar-refractivity contribution >= 4 is 23.4 Å². The van der Waals surface area contributed by atoms with Crippen molar-refractivity contribution in [2.75, 3.05) is 13.7 Å². The lowest BCUT2D eigenvalue weighted by atomic mass is 10.1. The second-order valence-electron chi connectivity index (χ2n) is 5.32. The molecule has 2 aromatic rings. The Bertz CT molecular complexity index is 785. The molecule has 0 bridgehead atoms. The van der Waals surface area contributed by atoms with E-state index < -0.39 is 12.1 Å². The summed E-state index contributed by atoms with van der Waals surface area (Å²) < 4.78 is 12.1. The van der Waals surface area contributed by atoms with Gasteiger partial charge in [-0.2, -0.15) is 5.26 Å². The first kappa shape index (κ1) is 17.9. The van der Waals surface area contributed by atoms with E-state index in [0.717, 1.165) is 22.1 Å². The van der Waals surface area contributed by atoms with E-state index in [2.05, 4.69) is 4.98 Å². The molecule has 0 saturated heterocycles. The van der Waals surface area contributed by atoms with Crippen LogP contribution in [0.1, 0.15) is 23.9 Å². The Morgan fingerprint density at radius 1 is 1.54 bits per heavy atom. The SMILES string of the molecule is COC[C@H](C)OC(=O)/C(C#N)=C/c1cc(C)n(-c2nccs2)c1C. The molecule has 7 heteroatoms. The number of hydrogen-bond acceptors (Lipinski definition) is 6. The first-order valence-electron chi connectivity index (χ1n) is 7.38. The van der Waals surface area contributed by atoms with Gasteiger partial charge in [0.2, 0.25) is 0 Å². The maximum atomic E-state index is 12.1. The normalized spacial score (nSPS) is 12.7. The van der Waals surface area contributed by atoms with Crippen LogP contribution in [0.5, 0.6) is 0 Å². The molecule has 0 N–H and O–H groups in total. The Morgan fingerprint density at radius 2 is 2.29 bits per heavy atom. The summed E-state index contributed by atoms with van der Waals surface area (Å²) in [7, 11) is 1.53. The smallest absolute Gasteiger partial charge is 0.349 e. The standard InChI is InChI=1S/C17H19N3O3S/c1-11-7-14(13(3)20(11)17-19-5-6-24-17)8-15(9-18)16(21)23-12(2)10-22-4/h5-8,12H,10H2,1-4H3/b15-8+/t12-/m0/s1. The average Bonchev–Trinajstić information content (AvgIpc) is 3.13. The number of methoxy groups -OCH3 is 1. The zero-order chi connectivity index (χ0) is 17.7. The number of nitrogens with zero attached hydrogens (tertiary/aromatic N) is 3. The van der Waals surface area contributed by atoms with Crippen molar-refractivity contribution in [3.05, 3.63) is 40.2 Å². The minimum absolute atomic E-state index is 0.0441. The van der Waals surface area contributed by atoms with Crippen LogP contribution in [-0.2, 0) is 14.3 Å². The van der Waals surface area contributed by atoms with Crippen molar-refractivity contribution in [1.82, 2.24) is 9.55 Å². The number of carbonyl (C=O) groups is 1. The Hall–Kier alpha value is -2.43. The van der Waals surface area contributed by atoms with Crippen LogP contribution in [0.15, 0.2) is 23.2 Å². The number of rotatable bonds is 6. The van der Waals surface area contributed by atoms with Gasteiger partial charge in [0.15, 0.2) is 5.13 Å². The van der Waals surface area contributed by atoms with Gasteiger partial charge in [0.05, 0.1) is 6.61 Å². The van der Waals surface area contributed by atoms with Crippen molar-refractivity contribution in [2.24, 2.45) is 0 Å². The highest BCUT2D eigenvalue weighted by atomic mass is 32.1. The lowest BCUT2D eigenvalue weighted by Gasteiger charge is -2.11. The van der Waals surface area contributed by atoms with Crippen LogP contribution in [0.2, 0.25) is 0 Å². The predicted octanol–water partition coefficient (Wildman–Crippen LogP) is 3.04. The Kier molecular flexibility index (Phi) is 5.90. The van der Waals surface area contributed by atoms with Crippen LogP contribution in [0.25, 0.3) is 11.2 Å². The Balaban J connectivity index is 2.31. The molecule has 0 aliphatic rings. The van der Waals surface area contributed by atoms with Crippen LogP contribution >= 0.6 is 11.3 Å². The van der Waals surface area contributed by atoms with Gasteiger partial charge in [0.1, 0.15) is 17.7 Å². The van der Waals surface area contributed by atoms with E-state index in [1.807, 2.05) is 35.9 Å². The summed E-state index contributed by atoms with van der Waals surface area (Å²) in [4.78, 5) is 16.4. The molecule has 0 spiro atoms. The summed E-state index contributed by atoms with van der Waals surface area (Å²) >= 11 is 1.52. The van der Waals surface area contributed by atoms with Gasteiger partial charge in [-0.3, -0.25) is 4.57 Å². The number of ether oxygens (including phenoxy) is 2. The molecule has 2 heterocycles. The molecule has 0 aromatic carbocycles. The van der Waals surface area contributed by atoms with Crippen molar-refractivity contribution in [2.45, 2.75) is 26.9 Å². The molecule has 0 radical (unpaired) electrons. The molecular formula is C17H19N3O3S. The molecule has 0 unspecified atom stereocenters. The van der Waals surface area contributed by atoms with E-state index in [4.69, 9.17) is 9.47 Å². The van der Waals surface area contributed by atoms with Gasteiger partial charge in [-0.15, -0.1) is 11.3 Å². The van der Waals surface area contributed by atoms with Crippen LogP contribution in [-0.4, -0.2) is 35.3 Å². The van der Waals surface area contributed by atoms with Gasteiger partial charge in [-0.25, -0.2) is 9.78 Å². The van der Waals surface area contributed by atoms with E-state index in [9.17, 15) is 10.1 Å². The summed E-state index contributed by atoms with van der Waals surface area (Å²) in [5.41, 5.74) is 2.63. The third-order valence-corrected chi connectivity index (χ3v) is 4.19. The molecule has 2 aromatic heterocycles. The molecule has 0 fully saturated rings. The average molecular weight is 345 g/mol. The number of thiazole rings is 1. The van der Waals surface area contributed by atoms with E-state index in [0.29, 0.717) is 0 Å². The zero-order valence-electron chi connectivity index (χ0n) is 14.1. The zero-order valence-corrected chi connectivity index (χ0v) is 14.9. The van der Waals surface area contributed by atoms with Crippen molar-refractivity contribution < 1.29 is 14.3 Å². The van der Waals surface area contributed by atoms with E-state index in [1.165, 1.54) is 18.4 Å². The van der Waals surface area contributed by atoms with Gasteiger partial charge >= 0.3 is 5.97 Å². The maximum Gasteiger partial charge on any atom is 0.349 e. The summed E-state index contributed by atoms with van der Waals surface area (Å²) in [6.07, 6.45) is 2.87. The van der Waals surface area contributed by atoms with E-state index in [1.54, 1.807) is 19.2 Å². The van der Waals surface area contributed by atoms with Crippen molar-refractivity contribution in [3.63, 3.8) is 0 Å². The molecule has 1 atom stereocenters. The second kappa shape index (κ2) is 7.90. The first-order chi connectivity index (χ1) is 11.5. The molecule has 126 valence electrons. The summed E-state index contributed by atoms with van der Waals surface area (Å²) in [6.45, 7) is 5.87. The first-order valence-corrected chi connectivity index (χ1v) is 8.26. The van der Waals surface area contributed by atoms with Crippen LogP contribution < -0.4 is 0 Å². The van der Waals surface area contributed by atoms with Gasteiger partial charge < -0.3 is 9.47 Å². The third-order valence-electron chi connectivity index (χ3n) is 3.43. The number of aromatic nitrogens is 2.